The van der Waals surface area contributed by atoms with Crippen LogP contribution in [0.3, 0.4) is 0 Å². The number of benzene rings is 1. The van der Waals surface area contributed by atoms with Crippen molar-refractivity contribution in [2.45, 2.75) is 24.3 Å². The maximum atomic E-state index is 10.9. The van der Waals surface area contributed by atoms with Crippen LogP contribution in [0, 0.1) is 0 Å². The maximum Gasteiger partial charge on any atom is 0.319 e. The first kappa shape index (κ1) is 13.7. The minimum atomic E-state index is -0.837. The van der Waals surface area contributed by atoms with E-state index in [0.29, 0.717) is 15.8 Å². The maximum absolute atomic E-state index is 10.9. The second-order valence-corrected chi connectivity index (χ2v) is 6.28. The molecule has 0 bridgehead atoms. The molecule has 0 aliphatic carbocycles. The summed E-state index contributed by atoms with van der Waals surface area (Å²) in [5.41, 5.74) is 0.855. The Morgan fingerprint density at radius 1 is 1.44 bits per heavy atom. The average molecular weight is 279 g/mol. The first-order valence-electron chi connectivity index (χ1n) is 4.64. The van der Waals surface area contributed by atoms with Crippen molar-refractivity contribution in [2.75, 3.05) is 0 Å². The lowest BCUT2D eigenvalue weighted by atomic mass is 10.2. The third-order valence-electron chi connectivity index (χ3n) is 2.11. The van der Waals surface area contributed by atoms with E-state index in [1.54, 1.807) is 32.0 Å². The van der Waals surface area contributed by atoms with E-state index in [4.69, 9.17) is 28.3 Å². The molecule has 0 radical (unpaired) electrons. The molecule has 0 fully saturated rings. The van der Waals surface area contributed by atoms with Crippen molar-refractivity contribution < 1.29 is 9.90 Å². The molecule has 2 nitrogen and oxygen atoms in total. The molecule has 0 saturated heterocycles. The van der Waals surface area contributed by atoms with Gasteiger partial charge < -0.3 is 5.11 Å². The Morgan fingerprint density at radius 3 is 2.62 bits per heavy atom. The van der Waals surface area contributed by atoms with Gasteiger partial charge >= 0.3 is 5.97 Å². The number of halogens is 2. The SMILES string of the molecule is CC(C)(SCc1cc(Cl)ccc1Cl)C(=O)O. The van der Waals surface area contributed by atoms with Crippen LogP contribution in [0.25, 0.3) is 0 Å². The standard InChI is InChI=1S/C11H12Cl2O2S/c1-11(2,10(14)15)16-6-7-5-8(12)3-4-9(7)13/h3-5H,6H2,1-2H3,(H,14,15). The highest BCUT2D eigenvalue weighted by Crippen LogP contribution is 2.31. The summed E-state index contributed by atoms with van der Waals surface area (Å²) in [6.45, 7) is 3.33. The highest BCUT2D eigenvalue weighted by Gasteiger charge is 2.27. The van der Waals surface area contributed by atoms with Gasteiger partial charge in [-0.05, 0) is 37.6 Å². The summed E-state index contributed by atoms with van der Waals surface area (Å²) in [5.74, 6) is -0.311. The van der Waals surface area contributed by atoms with Gasteiger partial charge in [0.1, 0.15) is 4.75 Å². The molecule has 0 aromatic heterocycles. The van der Waals surface area contributed by atoms with Crippen LogP contribution in [0.4, 0.5) is 0 Å². The summed E-state index contributed by atoms with van der Waals surface area (Å²) in [6, 6.07) is 5.18. The van der Waals surface area contributed by atoms with Crippen LogP contribution in [0.2, 0.25) is 10.0 Å². The molecule has 0 saturated carbocycles. The topological polar surface area (TPSA) is 37.3 Å². The summed E-state index contributed by atoms with van der Waals surface area (Å²) in [6.07, 6.45) is 0. The zero-order valence-corrected chi connectivity index (χ0v) is 11.3. The van der Waals surface area contributed by atoms with Gasteiger partial charge in [0.05, 0.1) is 0 Å². The molecule has 0 aliphatic rings. The molecular weight excluding hydrogens is 267 g/mol. The van der Waals surface area contributed by atoms with E-state index in [1.165, 1.54) is 11.8 Å². The summed E-state index contributed by atoms with van der Waals surface area (Å²) in [7, 11) is 0. The van der Waals surface area contributed by atoms with E-state index < -0.39 is 10.7 Å². The van der Waals surface area contributed by atoms with Gasteiger partial charge in [0, 0.05) is 15.8 Å². The van der Waals surface area contributed by atoms with E-state index in [-0.39, 0.29) is 0 Å². The molecule has 1 N–H and O–H groups in total. The summed E-state index contributed by atoms with van der Waals surface area (Å²) < 4.78 is -0.828. The minimum absolute atomic E-state index is 0.526. The molecule has 0 heterocycles. The zero-order chi connectivity index (χ0) is 12.3. The number of aliphatic carboxylic acids is 1. The summed E-state index contributed by atoms with van der Waals surface area (Å²) in [4.78, 5) is 10.9. The molecule has 1 aromatic carbocycles. The van der Waals surface area contributed by atoms with Crippen LogP contribution in [0.15, 0.2) is 18.2 Å². The third kappa shape index (κ3) is 3.58. The number of thioether (sulfide) groups is 1. The van der Waals surface area contributed by atoms with Crippen LogP contribution in [0.1, 0.15) is 19.4 Å². The summed E-state index contributed by atoms with van der Waals surface area (Å²) in [5, 5.41) is 10.2. The molecule has 0 aliphatic heterocycles. The number of hydrogen-bond acceptors (Lipinski definition) is 2. The number of rotatable bonds is 4. The highest BCUT2D eigenvalue weighted by atomic mass is 35.5. The van der Waals surface area contributed by atoms with E-state index in [9.17, 15) is 4.79 Å². The minimum Gasteiger partial charge on any atom is -0.480 e. The largest absolute Gasteiger partial charge is 0.480 e. The lowest BCUT2D eigenvalue weighted by Crippen LogP contribution is -2.27. The molecule has 5 heteroatoms. The predicted octanol–water partition coefficient (Wildman–Crippen LogP) is 4.09. The fourth-order valence-electron chi connectivity index (χ4n) is 0.974. The fraction of sp³-hybridized carbons (Fsp3) is 0.364. The first-order valence-corrected chi connectivity index (χ1v) is 6.38. The second kappa shape index (κ2) is 5.30. The first-order chi connectivity index (χ1) is 7.33. The number of carboxylic acid groups (broad SMARTS) is 1. The van der Waals surface area contributed by atoms with Crippen LogP contribution >= 0.6 is 35.0 Å². The molecule has 88 valence electrons. The van der Waals surface area contributed by atoms with Gasteiger partial charge in [-0.3, -0.25) is 4.79 Å². The molecule has 0 spiro atoms. The zero-order valence-electron chi connectivity index (χ0n) is 8.96. The molecule has 0 unspecified atom stereocenters. The van der Waals surface area contributed by atoms with Gasteiger partial charge in [-0.25, -0.2) is 0 Å². The van der Waals surface area contributed by atoms with E-state index in [1.807, 2.05) is 0 Å². The van der Waals surface area contributed by atoms with Crippen molar-refractivity contribution in [1.82, 2.24) is 0 Å². The van der Waals surface area contributed by atoms with Gasteiger partial charge in [-0.2, -0.15) is 0 Å². The Hall–Kier alpha value is -0.380. The molecule has 0 atom stereocenters. The van der Waals surface area contributed by atoms with Gasteiger partial charge in [0.25, 0.3) is 0 Å². The Morgan fingerprint density at radius 2 is 2.06 bits per heavy atom. The Kier molecular flexibility index (Phi) is 4.53. The lowest BCUT2D eigenvalue weighted by molar-refractivity contribution is -0.138. The van der Waals surface area contributed by atoms with Crippen molar-refractivity contribution in [1.29, 1.82) is 0 Å². The average Bonchev–Trinajstić information content (AvgIpc) is 2.19. The van der Waals surface area contributed by atoms with Gasteiger partial charge in [-0.15, -0.1) is 11.8 Å². The summed E-state index contributed by atoms with van der Waals surface area (Å²) >= 11 is 13.2. The quantitative estimate of drug-likeness (QED) is 0.902. The van der Waals surface area contributed by atoms with Crippen molar-refractivity contribution in [3.05, 3.63) is 33.8 Å². The normalized spacial score (nSPS) is 11.5. The second-order valence-electron chi connectivity index (χ2n) is 3.84. The van der Waals surface area contributed by atoms with Crippen LogP contribution < -0.4 is 0 Å². The monoisotopic (exact) mass is 278 g/mol. The Labute approximate surface area is 109 Å². The van der Waals surface area contributed by atoms with Crippen molar-refractivity contribution in [3.63, 3.8) is 0 Å². The molecule has 1 aromatic rings. The molecule has 1 rings (SSSR count). The number of carbonyl (C=O) groups is 1. The number of carboxylic acids is 1. The number of hydrogen-bond donors (Lipinski definition) is 1. The van der Waals surface area contributed by atoms with Gasteiger partial charge in [0.2, 0.25) is 0 Å². The van der Waals surface area contributed by atoms with Crippen molar-refractivity contribution in [2.24, 2.45) is 0 Å². The highest BCUT2D eigenvalue weighted by molar-refractivity contribution is 8.00. The fourth-order valence-corrected chi connectivity index (χ4v) is 2.31. The van der Waals surface area contributed by atoms with Crippen molar-refractivity contribution >= 4 is 40.9 Å². The van der Waals surface area contributed by atoms with E-state index in [2.05, 4.69) is 0 Å². The predicted molar refractivity (Wildman–Crippen MR) is 69.5 cm³/mol. The van der Waals surface area contributed by atoms with E-state index in [0.717, 1.165) is 5.56 Å². The Bertz CT molecular complexity index is 405. The molecule has 0 amide bonds. The van der Waals surface area contributed by atoms with Gasteiger partial charge in [-0.1, -0.05) is 23.2 Å². The van der Waals surface area contributed by atoms with Crippen LogP contribution in [0.5, 0.6) is 0 Å². The smallest absolute Gasteiger partial charge is 0.319 e. The molecular formula is C11H12Cl2O2S. The third-order valence-corrected chi connectivity index (χ3v) is 4.07. The molecule has 16 heavy (non-hydrogen) atoms. The van der Waals surface area contributed by atoms with Crippen molar-refractivity contribution in [3.8, 4) is 0 Å². The van der Waals surface area contributed by atoms with E-state index >= 15 is 0 Å². The Balaban J connectivity index is 2.75. The van der Waals surface area contributed by atoms with Gasteiger partial charge in [0.15, 0.2) is 0 Å². The van der Waals surface area contributed by atoms with Crippen LogP contribution in [-0.4, -0.2) is 15.8 Å². The van der Waals surface area contributed by atoms with Crippen LogP contribution in [-0.2, 0) is 10.5 Å². The lowest BCUT2D eigenvalue weighted by Gasteiger charge is -2.18.